The minimum atomic E-state index is -0.235. The van der Waals surface area contributed by atoms with E-state index in [9.17, 15) is 4.79 Å². The van der Waals surface area contributed by atoms with Gasteiger partial charge in [-0.3, -0.25) is 4.90 Å². The average Bonchev–Trinajstić information content (AvgIpc) is 2.73. The first-order chi connectivity index (χ1) is 13.8. The Labute approximate surface area is 166 Å². The Bertz CT molecular complexity index is 803. The lowest BCUT2D eigenvalue weighted by atomic mass is 9.91. The highest BCUT2D eigenvalue weighted by Gasteiger charge is 2.38. The molecule has 2 aromatic carbocycles. The molecule has 0 N–H and O–H groups in total. The second-order valence-electron chi connectivity index (χ2n) is 7.57. The molecule has 0 aliphatic carbocycles. The molecule has 2 aliphatic heterocycles. The second-order valence-corrected chi connectivity index (χ2v) is 7.57. The van der Waals surface area contributed by atoms with Crippen LogP contribution in [-0.4, -0.2) is 36.3 Å². The van der Waals surface area contributed by atoms with Gasteiger partial charge in [-0.1, -0.05) is 72.3 Å². The lowest BCUT2D eigenvalue weighted by Gasteiger charge is -2.43. The largest absolute Gasteiger partial charge is 0.445 e. The van der Waals surface area contributed by atoms with E-state index in [1.165, 1.54) is 11.1 Å². The Balaban J connectivity index is 1.33. The molecule has 1 saturated heterocycles. The fourth-order valence-corrected chi connectivity index (χ4v) is 4.11. The molecule has 28 heavy (non-hydrogen) atoms. The van der Waals surface area contributed by atoms with Crippen molar-refractivity contribution in [3.05, 3.63) is 83.4 Å². The van der Waals surface area contributed by atoms with Crippen molar-refractivity contribution in [3.8, 4) is 0 Å². The molecule has 2 unspecified atom stereocenters. The summed E-state index contributed by atoms with van der Waals surface area (Å²) in [6.07, 6.45) is 6.17. The summed E-state index contributed by atoms with van der Waals surface area (Å²) in [6, 6.07) is 20.5. The van der Waals surface area contributed by atoms with Gasteiger partial charge in [-0.15, -0.1) is 0 Å². The highest BCUT2D eigenvalue weighted by molar-refractivity contribution is 5.69. The highest BCUT2D eigenvalue weighted by atomic mass is 16.6. The topological polar surface area (TPSA) is 38.8 Å². The fourth-order valence-electron chi connectivity index (χ4n) is 4.11. The molecule has 4 rings (SSSR count). The molecule has 0 spiro atoms. The first kappa shape index (κ1) is 18.8. The van der Waals surface area contributed by atoms with Crippen LogP contribution in [0.2, 0.25) is 0 Å². The highest BCUT2D eigenvalue weighted by Crippen LogP contribution is 2.30. The van der Waals surface area contributed by atoms with Crippen LogP contribution in [0.4, 0.5) is 4.79 Å². The van der Waals surface area contributed by atoms with Gasteiger partial charge in [0.1, 0.15) is 6.61 Å². The van der Waals surface area contributed by atoms with E-state index in [-0.39, 0.29) is 18.2 Å². The normalized spacial score (nSPS) is 21.1. The van der Waals surface area contributed by atoms with Crippen LogP contribution >= 0.6 is 0 Å². The minimum absolute atomic E-state index is 0.0116. The molecule has 2 aliphatic rings. The van der Waals surface area contributed by atoms with Crippen molar-refractivity contribution in [1.29, 1.82) is 0 Å². The van der Waals surface area contributed by atoms with Crippen molar-refractivity contribution in [2.75, 3.05) is 13.2 Å². The van der Waals surface area contributed by atoms with Gasteiger partial charge in [-0.2, -0.15) is 0 Å². The van der Waals surface area contributed by atoms with Gasteiger partial charge in [0.15, 0.2) is 0 Å². The van der Waals surface area contributed by atoms with Crippen molar-refractivity contribution >= 4 is 6.09 Å². The number of benzene rings is 2. The number of hydrogen-bond donors (Lipinski definition) is 0. The summed E-state index contributed by atoms with van der Waals surface area (Å²) in [7, 11) is 0. The van der Waals surface area contributed by atoms with Gasteiger partial charge in [0.05, 0.1) is 25.3 Å². The fraction of sp³-hybridized carbons (Fsp3) is 0.375. The van der Waals surface area contributed by atoms with E-state index in [1.54, 1.807) is 0 Å². The van der Waals surface area contributed by atoms with E-state index >= 15 is 0 Å². The molecule has 1 fully saturated rings. The standard InChI is InChI=1S/C24H27NO3/c26-24(28-16-20-10-5-2-6-11-20)25-22-14-21(15-23(25)18-27-17-22)13-7-12-19-8-3-1-4-9-19/h1-6,8-11,14,22-23H,7,12-13,15-18H2. The predicted molar refractivity (Wildman–Crippen MR) is 109 cm³/mol. The predicted octanol–water partition coefficient (Wildman–Crippen LogP) is 4.75. The number of nitrogens with zero attached hydrogens (tertiary/aromatic N) is 1. The molecule has 146 valence electrons. The van der Waals surface area contributed by atoms with Crippen LogP contribution in [0.3, 0.4) is 0 Å². The molecule has 2 bridgehead atoms. The van der Waals surface area contributed by atoms with E-state index in [2.05, 4.69) is 36.4 Å². The number of carbonyl (C=O) groups excluding carboxylic acids is 1. The quantitative estimate of drug-likeness (QED) is 0.682. The maximum Gasteiger partial charge on any atom is 0.411 e. The number of hydrogen-bond acceptors (Lipinski definition) is 3. The van der Waals surface area contributed by atoms with Crippen molar-refractivity contribution in [2.24, 2.45) is 0 Å². The van der Waals surface area contributed by atoms with Crippen LogP contribution in [0, 0.1) is 0 Å². The zero-order valence-corrected chi connectivity index (χ0v) is 16.1. The number of fused-ring (bicyclic) bond motifs is 2. The number of amides is 1. The average molecular weight is 377 g/mol. The number of morpholine rings is 1. The van der Waals surface area contributed by atoms with Gasteiger partial charge in [-0.25, -0.2) is 4.79 Å². The Kier molecular flexibility index (Phi) is 6.07. The summed E-state index contributed by atoms with van der Waals surface area (Å²) in [5, 5.41) is 0. The van der Waals surface area contributed by atoms with Crippen molar-refractivity contribution in [3.63, 3.8) is 0 Å². The molecular weight excluding hydrogens is 350 g/mol. The van der Waals surface area contributed by atoms with E-state index in [0.29, 0.717) is 19.8 Å². The van der Waals surface area contributed by atoms with Crippen LogP contribution in [0.1, 0.15) is 30.4 Å². The molecule has 0 aromatic heterocycles. The molecule has 2 heterocycles. The summed E-state index contributed by atoms with van der Waals surface area (Å²) >= 11 is 0. The molecule has 4 heteroatoms. The summed E-state index contributed by atoms with van der Waals surface area (Å²) in [4.78, 5) is 14.6. The summed E-state index contributed by atoms with van der Waals surface area (Å²) in [6.45, 7) is 1.45. The van der Waals surface area contributed by atoms with Crippen LogP contribution in [0.25, 0.3) is 0 Å². The van der Waals surface area contributed by atoms with Gasteiger partial charge in [0.25, 0.3) is 0 Å². The van der Waals surface area contributed by atoms with E-state index in [4.69, 9.17) is 9.47 Å². The van der Waals surface area contributed by atoms with E-state index < -0.39 is 0 Å². The third-order valence-corrected chi connectivity index (χ3v) is 5.50. The van der Waals surface area contributed by atoms with Crippen LogP contribution in [0.15, 0.2) is 72.3 Å². The molecular formula is C24H27NO3. The number of aryl methyl sites for hydroxylation is 1. The molecule has 1 amide bonds. The minimum Gasteiger partial charge on any atom is -0.445 e. The Hall–Kier alpha value is -2.59. The summed E-state index contributed by atoms with van der Waals surface area (Å²) in [5.74, 6) is 0. The van der Waals surface area contributed by atoms with Crippen LogP contribution in [0.5, 0.6) is 0 Å². The van der Waals surface area contributed by atoms with Crippen molar-refractivity contribution in [2.45, 2.75) is 44.4 Å². The molecule has 2 atom stereocenters. The smallest absolute Gasteiger partial charge is 0.411 e. The Morgan fingerprint density at radius 2 is 1.68 bits per heavy atom. The number of ether oxygens (including phenoxy) is 2. The lowest BCUT2D eigenvalue weighted by molar-refractivity contribution is -0.0375. The van der Waals surface area contributed by atoms with E-state index in [0.717, 1.165) is 31.2 Å². The monoisotopic (exact) mass is 377 g/mol. The lowest BCUT2D eigenvalue weighted by Crippen LogP contribution is -2.56. The van der Waals surface area contributed by atoms with Crippen molar-refractivity contribution < 1.29 is 14.3 Å². The first-order valence-corrected chi connectivity index (χ1v) is 10.1. The maximum absolute atomic E-state index is 12.7. The SMILES string of the molecule is O=C(OCc1ccccc1)N1C2C=C(CCCc3ccccc3)CC1COC2. The first-order valence-electron chi connectivity index (χ1n) is 10.1. The molecule has 4 nitrogen and oxygen atoms in total. The second kappa shape index (κ2) is 9.07. The zero-order chi connectivity index (χ0) is 19.2. The van der Waals surface area contributed by atoms with Gasteiger partial charge in [-0.05, 0) is 36.8 Å². The summed E-state index contributed by atoms with van der Waals surface area (Å²) < 4.78 is 11.3. The summed E-state index contributed by atoms with van der Waals surface area (Å²) in [5.41, 5.74) is 3.83. The molecule has 0 saturated carbocycles. The zero-order valence-electron chi connectivity index (χ0n) is 16.1. The Morgan fingerprint density at radius 1 is 0.964 bits per heavy atom. The Morgan fingerprint density at radius 3 is 2.39 bits per heavy atom. The van der Waals surface area contributed by atoms with Gasteiger partial charge < -0.3 is 9.47 Å². The van der Waals surface area contributed by atoms with Crippen LogP contribution in [-0.2, 0) is 22.5 Å². The maximum atomic E-state index is 12.7. The van der Waals surface area contributed by atoms with Gasteiger partial charge in [0.2, 0.25) is 0 Å². The van der Waals surface area contributed by atoms with E-state index in [1.807, 2.05) is 35.2 Å². The molecule has 2 aromatic rings. The number of rotatable bonds is 6. The van der Waals surface area contributed by atoms with Gasteiger partial charge in [0, 0.05) is 0 Å². The molecule has 0 radical (unpaired) electrons. The van der Waals surface area contributed by atoms with Crippen molar-refractivity contribution in [1.82, 2.24) is 4.90 Å². The van der Waals surface area contributed by atoms with Crippen LogP contribution < -0.4 is 0 Å². The number of carbonyl (C=O) groups is 1. The third kappa shape index (κ3) is 4.63. The van der Waals surface area contributed by atoms with Gasteiger partial charge >= 0.3 is 6.09 Å². The third-order valence-electron chi connectivity index (χ3n) is 5.50.